The molecule has 2 N–H and O–H groups in total. The van der Waals surface area contributed by atoms with Gasteiger partial charge in [-0.15, -0.1) is 0 Å². The zero-order chi connectivity index (χ0) is 27.4. The Balaban J connectivity index is 1.68. The van der Waals surface area contributed by atoms with E-state index in [1.165, 1.54) is 0 Å². The van der Waals surface area contributed by atoms with E-state index in [1.54, 1.807) is 32.0 Å². The number of ether oxygens (including phenoxy) is 2. The average Bonchev–Trinajstić information content (AvgIpc) is 2.80. The molecule has 0 aliphatic carbocycles. The van der Waals surface area contributed by atoms with Crippen LogP contribution < -0.4 is 20.1 Å². The molecular weight excluding hydrogens is 464 g/mol. The van der Waals surface area contributed by atoms with E-state index in [0.29, 0.717) is 17.1 Å². The number of anilines is 2. The van der Waals surface area contributed by atoms with Crippen LogP contribution in [0.2, 0.25) is 0 Å². The predicted molar refractivity (Wildman–Crippen MR) is 150 cm³/mol. The first-order chi connectivity index (χ1) is 17.4. The Bertz CT molecular complexity index is 1190. The third kappa shape index (κ3) is 6.70. The topological polar surface area (TPSA) is 76.7 Å². The molecule has 6 nitrogen and oxygen atoms in total. The minimum atomic E-state index is -0.734. The van der Waals surface area contributed by atoms with Crippen molar-refractivity contribution in [1.82, 2.24) is 0 Å². The molecule has 2 atom stereocenters. The molecule has 196 valence electrons. The standard InChI is InChI=1S/C31H38N2O4/c1-17-13-19(3)28(20(4)14-17)32-30(34)24(8)36-26-11-10-12-27(23(26)7)37-25(9)31(35)33-29-21(5)15-18(2)16-22(29)6/h10-16,24-25H,1-9H3,(H,32,34)(H,33,35)/t24-,25?/m1/s1. The van der Waals surface area contributed by atoms with Gasteiger partial charge in [0, 0.05) is 16.9 Å². The van der Waals surface area contributed by atoms with Gasteiger partial charge in [0.05, 0.1) is 0 Å². The quantitative estimate of drug-likeness (QED) is 0.361. The van der Waals surface area contributed by atoms with Crippen LogP contribution in [0, 0.1) is 48.5 Å². The molecule has 3 rings (SSSR count). The van der Waals surface area contributed by atoms with Gasteiger partial charge in [-0.2, -0.15) is 0 Å². The summed E-state index contributed by atoms with van der Waals surface area (Å²) in [6, 6.07) is 13.5. The third-order valence-corrected chi connectivity index (χ3v) is 6.43. The van der Waals surface area contributed by atoms with E-state index in [4.69, 9.17) is 9.47 Å². The molecular formula is C31H38N2O4. The molecule has 2 amide bonds. The normalized spacial score (nSPS) is 12.5. The van der Waals surface area contributed by atoms with Gasteiger partial charge in [0.15, 0.2) is 12.2 Å². The lowest BCUT2D eigenvalue weighted by molar-refractivity contribution is -0.122. The van der Waals surface area contributed by atoms with Gasteiger partial charge in [-0.3, -0.25) is 9.59 Å². The number of rotatable bonds is 8. The summed E-state index contributed by atoms with van der Waals surface area (Å²) in [5.41, 5.74) is 8.65. The lowest BCUT2D eigenvalue weighted by Crippen LogP contribution is -2.31. The van der Waals surface area contributed by atoms with Crippen molar-refractivity contribution in [3.05, 3.63) is 81.4 Å². The number of carbonyl (C=O) groups excluding carboxylic acids is 2. The Morgan fingerprint density at radius 3 is 1.27 bits per heavy atom. The number of nitrogens with one attached hydrogen (secondary N) is 2. The predicted octanol–water partition coefficient (Wildman–Crippen LogP) is 6.66. The van der Waals surface area contributed by atoms with Crippen molar-refractivity contribution in [2.24, 2.45) is 0 Å². The first-order valence-corrected chi connectivity index (χ1v) is 12.6. The molecule has 0 spiro atoms. The van der Waals surface area contributed by atoms with Crippen LogP contribution in [0.25, 0.3) is 0 Å². The second kappa shape index (κ2) is 11.5. The van der Waals surface area contributed by atoms with Gasteiger partial charge in [0.2, 0.25) is 0 Å². The fraction of sp³-hybridized carbons (Fsp3) is 0.355. The maximum absolute atomic E-state index is 12.9. The van der Waals surface area contributed by atoms with E-state index in [2.05, 4.69) is 10.6 Å². The van der Waals surface area contributed by atoms with E-state index in [9.17, 15) is 9.59 Å². The number of hydrogen-bond donors (Lipinski definition) is 2. The molecule has 0 fully saturated rings. The van der Waals surface area contributed by atoms with E-state index in [1.807, 2.05) is 72.7 Å². The highest BCUT2D eigenvalue weighted by molar-refractivity contribution is 5.96. The van der Waals surface area contributed by atoms with Crippen molar-refractivity contribution in [3.8, 4) is 11.5 Å². The molecule has 37 heavy (non-hydrogen) atoms. The summed E-state index contributed by atoms with van der Waals surface area (Å²) in [5.74, 6) is 0.570. The summed E-state index contributed by atoms with van der Waals surface area (Å²) < 4.78 is 12.0. The van der Waals surface area contributed by atoms with E-state index < -0.39 is 12.2 Å². The van der Waals surface area contributed by atoms with Crippen molar-refractivity contribution in [3.63, 3.8) is 0 Å². The molecule has 0 aliphatic heterocycles. The smallest absolute Gasteiger partial charge is 0.265 e. The molecule has 0 saturated heterocycles. The molecule has 3 aromatic rings. The number of benzene rings is 3. The second-order valence-corrected chi connectivity index (χ2v) is 9.93. The van der Waals surface area contributed by atoms with Crippen LogP contribution in [0.15, 0.2) is 42.5 Å². The maximum atomic E-state index is 12.9. The van der Waals surface area contributed by atoms with E-state index in [0.717, 1.165) is 44.8 Å². The highest BCUT2D eigenvalue weighted by Crippen LogP contribution is 2.30. The number of hydrogen-bond acceptors (Lipinski definition) is 4. The fourth-order valence-corrected chi connectivity index (χ4v) is 4.54. The summed E-state index contributed by atoms with van der Waals surface area (Å²) in [4.78, 5) is 25.8. The van der Waals surface area contributed by atoms with Crippen LogP contribution in [-0.4, -0.2) is 24.0 Å². The SMILES string of the molecule is Cc1cc(C)c(NC(=O)C(C)Oc2cccc(O[C@H](C)C(=O)Nc3c(C)cc(C)cc3C)c2C)c(C)c1. The van der Waals surface area contributed by atoms with Crippen molar-refractivity contribution in [2.75, 3.05) is 10.6 Å². The zero-order valence-electron chi connectivity index (χ0n) is 23.3. The lowest BCUT2D eigenvalue weighted by atomic mass is 10.0. The molecule has 3 aromatic carbocycles. The second-order valence-electron chi connectivity index (χ2n) is 9.93. The highest BCUT2D eigenvalue weighted by atomic mass is 16.5. The van der Waals surface area contributed by atoms with Crippen LogP contribution in [0.1, 0.15) is 52.8 Å². The molecule has 0 heterocycles. The van der Waals surface area contributed by atoms with Crippen LogP contribution in [0.3, 0.4) is 0 Å². The Morgan fingerprint density at radius 1 is 0.622 bits per heavy atom. The van der Waals surface area contributed by atoms with Crippen LogP contribution in [0.5, 0.6) is 11.5 Å². The molecule has 6 heteroatoms. The monoisotopic (exact) mass is 502 g/mol. The molecule has 0 aliphatic rings. The van der Waals surface area contributed by atoms with Gasteiger partial charge in [0.1, 0.15) is 11.5 Å². The molecule has 0 saturated carbocycles. The maximum Gasteiger partial charge on any atom is 0.265 e. The number of carbonyl (C=O) groups is 2. The first kappa shape index (κ1) is 27.8. The first-order valence-electron chi connectivity index (χ1n) is 12.6. The van der Waals surface area contributed by atoms with Gasteiger partial charge in [-0.25, -0.2) is 0 Å². The van der Waals surface area contributed by atoms with Gasteiger partial charge in [0.25, 0.3) is 11.8 Å². The third-order valence-electron chi connectivity index (χ3n) is 6.43. The van der Waals surface area contributed by atoms with Crippen LogP contribution in [-0.2, 0) is 9.59 Å². The van der Waals surface area contributed by atoms with Gasteiger partial charge >= 0.3 is 0 Å². The van der Waals surface area contributed by atoms with Gasteiger partial charge < -0.3 is 20.1 Å². The molecule has 0 radical (unpaired) electrons. The summed E-state index contributed by atoms with van der Waals surface area (Å²) in [6.45, 7) is 17.2. The van der Waals surface area contributed by atoms with Gasteiger partial charge in [-0.05, 0) is 96.7 Å². The fourth-order valence-electron chi connectivity index (χ4n) is 4.54. The summed E-state index contributed by atoms with van der Waals surface area (Å²) in [7, 11) is 0. The Hall–Kier alpha value is -3.80. The number of amides is 2. The summed E-state index contributed by atoms with van der Waals surface area (Å²) >= 11 is 0. The minimum Gasteiger partial charge on any atom is -0.480 e. The summed E-state index contributed by atoms with van der Waals surface area (Å²) in [6.07, 6.45) is -1.47. The summed E-state index contributed by atoms with van der Waals surface area (Å²) in [5, 5.41) is 5.99. The Labute approximate surface area is 220 Å². The van der Waals surface area contributed by atoms with Crippen molar-refractivity contribution < 1.29 is 19.1 Å². The Morgan fingerprint density at radius 2 is 0.946 bits per heavy atom. The molecule has 0 bridgehead atoms. The lowest BCUT2D eigenvalue weighted by Gasteiger charge is -2.21. The van der Waals surface area contributed by atoms with Crippen LogP contribution in [0.4, 0.5) is 11.4 Å². The molecule has 1 unspecified atom stereocenters. The number of aryl methyl sites for hydroxylation is 6. The van der Waals surface area contributed by atoms with Crippen molar-refractivity contribution >= 4 is 23.2 Å². The molecule has 0 aromatic heterocycles. The largest absolute Gasteiger partial charge is 0.480 e. The van der Waals surface area contributed by atoms with E-state index in [-0.39, 0.29) is 11.8 Å². The van der Waals surface area contributed by atoms with Crippen molar-refractivity contribution in [2.45, 2.75) is 74.5 Å². The van der Waals surface area contributed by atoms with Crippen LogP contribution >= 0.6 is 0 Å². The minimum absolute atomic E-state index is 0.239. The zero-order valence-corrected chi connectivity index (χ0v) is 23.3. The van der Waals surface area contributed by atoms with Gasteiger partial charge in [-0.1, -0.05) is 41.5 Å². The average molecular weight is 503 g/mol. The highest BCUT2D eigenvalue weighted by Gasteiger charge is 2.21. The van der Waals surface area contributed by atoms with E-state index >= 15 is 0 Å². The van der Waals surface area contributed by atoms with Crippen molar-refractivity contribution in [1.29, 1.82) is 0 Å². The Kier molecular flexibility index (Phi) is 8.64.